The largest absolute Gasteiger partial charge is 0.477 e. The number of amides is 2. The number of β-lactam (4-membered cyclic amide) rings is 1. The van der Waals surface area contributed by atoms with Crippen LogP contribution in [0.1, 0.15) is 29.8 Å². The van der Waals surface area contributed by atoms with Gasteiger partial charge >= 0.3 is 5.97 Å². The topological polar surface area (TPSA) is 153 Å². The molecule has 34 heavy (non-hydrogen) atoms. The maximum Gasteiger partial charge on any atom is 0.352 e. The molecule has 4 heterocycles. The Morgan fingerprint density at radius 1 is 1.35 bits per heavy atom. The SMILES string of the molecule is N=C(C(=O)N[C@@H]1C(=O)N2C(C(=O)O)=C(C[n+]3cccc4c3CCCC4)CSC12)c1csc(N)n1. The summed E-state index contributed by atoms with van der Waals surface area (Å²) in [6.45, 7) is 0.404. The van der Waals surface area contributed by atoms with Gasteiger partial charge in [-0.1, -0.05) is 0 Å². The number of rotatable bonds is 6. The number of carboxylic acid groups (broad SMARTS) is 1. The van der Waals surface area contributed by atoms with Gasteiger partial charge in [-0.15, -0.1) is 23.1 Å². The van der Waals surface area contributed by atoms with Gasteiger partial charge in [-0.25, -0.2) is 9.78 Å². The summed E-state index contributed by atoms with van der Waals surface area (Å²) in [6, 6.07) is 3.20. The smallest absolute Gasteiger partial charge is 0.352 e. The highest BCUT2D eigenvalue weighted by Gasteiger charge is 2.54. The first-order chi connectivity index (χ1) is 16.3. The minimum absolute atomic E-state index is 0.0116. The van der Waals surface area contributed by atoms with Crippen LogP contribution in [-0.4, -0.2) is 55.7 Å². The lowest BCUT2D eigenvalue weighted by atomic mass is 9.95. The van der Waals surface area contributed by atoms with E-state index in [4.69, 9.17) is 11.1 Å². The van der Waals surface area contributed by atoms with E-state index < -0.39 is 29.2 Å². The molecule has 0 spiro atoms. The fourth-order valence-electron chi connectivity index (χ4n) is 4.66. The summed E-state index contributed by atoms with van der Waals surface area (Å²) < 4.78 is 2.10. The highest BCUT2D eigenvalue weighted by molar-refractivity contribution is 8.00. The van der Waals surface area contributed by atoms with Crippen molar-refractivity contribution in [2.45, 2.75) is 43.6 Å². The first kappa shape index (κ1) is 22.5. The van der Waals surface area contributed by atoms with Gasteiger partial charge in [0.25, 0.3) is 11.8 Å². The van der Waals surface area contributed by atoms with Gasteiger partial charge in [-0.3, -0.25) is 19.9 Å². The second-order valence-corrected chi connectivity index (χ2v) is 10.4. The third-order valence-corrected chi connectivity index (χ3v) is 8.31. The molecule has 1 unspecified atom stereocenters. The summed E-state index contributed by atoms with van der Waals surface area (Å²) in [5, 5.41) is 21.8. The molecule has 2 amide bonds. The van der Waals surface area contributed by atoms with E-state index in [0.717, 1.165) is 37.0 Å². The summed E-state index contributed by atoms with van der Waals surface area (Å²) in [6.07, 6.45) is 6.19. The highest BCUT2D eigenvalue weighted by Crippen LogP contribution is 2.40. The van der Waals surface area contributed by atoms with Crippen molar-refractivity contribution >= 4 is 51.7 Å². The minimum atomic E-state index is -1.16. The van der Waals surface area contributed by atoms with Gasteiger partial charge < -0.3 is 16.2 Å². The number of thiazole rings is 1. The fraction of sp³-hybridized carbons (Fsp3) is 0.364. The van der Waals surface area contributed by atoms with E-state index >= 15 is 0 Å². The Labute approximate surface area is 203 Å². The van der Waals surface area contributed by atoms with Crippen LogP contribution in [0.2, 0.25) is 0 Å². The third-order valence-electron chi connectivity index (χ3n) is 6.29. The summed E-state index contributed by atoms with van der Waals surface area (Å²) in [7, 11) is 0. The van der Waals surface area contributed by atoms with Crippen LogP contribution in [0.3, 0.4) is 0 Å². The van der Waals surface area contributed by atoms with Crippen molar-refractivity contribution in [3.05, 3.63) is 51.9 Å². The summed E-state index contributed by atoms with van der Waals surface area (Å²) in [4.78, 5) is 42.8. The van der Waals surface area contributed by atoms with E-state index in [1.165, 1.54) is 33.3 Å². The number of carbonyl (C=O) groups is 3. The normalized spacial score (nSPS) is 21.4. The van der Waals surface area contributed by atoms with E-state index in [1.807, 2.05) is 12.3 Å². The number of thioether (sulfide) groups is 1. The van der Waals surface area contributed by atoms with Gasteiger partial charge in [0.1, 0.15) is 28.5 Å². The molecule has 2 atom stereocenters. The monoisotopic (exact) mass is 499 g/mol. The van der Waals surface area contributed by atoms with Crippen LogP contribution in [0.5, 0.6) is 0 Å². The molecule has 1 fully saturated rings. The summed E-state index contributed by atoms with van der Waals surface area (Å²) >= 11 is 2.53. The minimum Gasteiger partial charge on any atom is -0.477 e. The number of hydrogen-bond acceptors (Lipinski definition) is 8. The van der Waals surface area contributed by atoms with Crippen LogP contribution in [0.15, 0.2) is 35.0 Å². The molecule has 3 aliphatic rings. The lowest BCUT2D eigenvalue weighted by Gasteiger charge is -2.49. The molecule has 10 nitrogen and oxygen atoms in total. The number of nitrogens with two attached hydrogens (primary N) is 1. The predicted molar refractivity (Wildman–Crippen MR) is 126 cm³/mol. The first-order valence-electron chi connectivity index (χ1n) is 10.9. The second kappa shape index (κ2) is 8.84. The highest BCUT2D eigenvalue weighted by atomic mass is 32.2. The Morgan fingerprint density at radius 2 is 2.15 bits per heavy atom. The number of aliphatic carboxylic acids is 1. The molecule has 12 heteroatoms. The van der Waals surface area contributed by atoms with Gasteiger partial charge in [0.2, 0.25) is 0 Å². The van der Waals surface area contributed by atoms with Crippen LogP contribution >= 0.6 is 23.1 Å². The molecule has 2 aromatic heterocycles. The van der Waals surface area contributed by atoms with E-state index in [9.17, 15) is 19.5 Å². The molecule has 176 valence electrons. The Kier molecular flexibility index (Phi) is 5.86. The van der Waals surface area contributed by atoms with Crippen LogP contribution in [0.25, 0.3) is 0 Å². The van der Waals surface area contributed by atoms with E-state index in [0.29, 0.717) is 17.9 Å². The van der Waals surface area contributed by atoms with Crippen molar-refractivity contribution in [1.29, 1.82) is 5.41 Å². The average Bonchev–Trinajstić information content (AvgIpc) is 3.27. The number of nitrogens with one attached hydrogen (secondary N) is 2. The Morgan fingerprint density at radius 3 is 2.88 bits per heavy atom. The lowest BCUT2D eigenvalue weighted by molar-refractivity contribution is -0.697. The quantitative estimate of drug-likeness (QED) is 0.259. The first-order valence-corrected chi connectivity index (χ1v) is 12.8. The molecule has 5 N–H and O–H groups in total. The van der Waals surface area contributed by atoms with Crippen molar-refractivity contribution < 1.29 is 24.1 Å². The zero-order valence-corrected chi connectivity index (χ0v) is 19.7. The van der Waals surface area contributed by atoms with E-state index in [1.54, 1.807) is 0 Å². The van der Waals surface area contributed by atoms with Crippen LogP contribution < -0.4 is 15.6 Å². The van der Waals surface area contributed by atoms with Gasteiger partial charge in [0.15, 0.2) is 23.6 Å². The molecular weight excluding hydrogens is 476 g/mol. The zero-order valence-electron chi connectivity index (χ0n) is 18.1. The molecule has 2 aromatic rings. The van der Waals surface area contributed by atoms with Gasteiger partial charge in [-0.05, 0) is 25.3 Å². The van der Waals surface area contributed by atoms with Gasteiger partial charge in [0, 0.05) is 34.8 Å². The number of anilines is 1. The molecular formula is C22H23N6O4S2+. The molecule has 0 radical (unpaired) electrons. The van der Waals surface area contributed by atoms with Crippen molar-refractivity contribution in [3.8, 4) is 0 Å². The second-order valence-electron chi connectivity index (χ2n) is 8.38. The van der Waals surface area contributed by atoms with E-state index in [-0.39, 0.29) is 22.2 Å². The molecule has 2 aliphatic heterocycles. The van der Waals surface area contributed by atoms with Crippen molar-refractivity contribution in [2.24, 2.45) is 0 Å². The molecule has 1 aliphatic carbocycles. The molecule has 0 saturated carbocycles. The number of pyridine rings is 1. The molecule has 0 aromatic carbocycles. The number of aryl methyl sites for hydroxylation is 1. The number of carboxylic acids is 1. The van der Waals surface area contributed by atoms with Crippen molar-refractivity contribution in [1.82, 2.24) is 15.2 Å². The Hall–Kier alpha value is -3.25. The molecule has 0 bridgehead atoms. The lowest BCUT2D eigenvalue weighted by Crippen LogP contribution is -2.71. The summed E-state index contributed by atoms with van der Waals surface area (Å²) in [5.41, 5.74) is 8.48. The fourth-order valence-corrected chi connectivity index (χ4v) is 6.55. The Bertz CT molecular complexity index is 1260. The average molecular weight is 500 g/mol. The number of nitrogen functional groups attached to an aromatic ring is 1. The number of aromatic nitrogens is 2. The number of nitrogens with zero attached hydrogens (tertiary/aromatic N) is 3. The standard InChI is InChI=1S/C22H22N6O4S2/c23-15(13-10-34-22(24)25-13)18(29)26-16-19(30)28-17(21(31)32)12(9-33-20(16)28)8-27-7-3-5-11-4-1-2-6-14(11)27/h3,5,7,10,16,20,23H,1-2,4,6,8-9H2,(H3-,24,25,26,29,31,32)/p+1/t16-,20?/m1/s1. The molecule has 1 saturated heterocycles. The van der Waals surface area contributed by atoms with Gasteiger partial charge in [-0.2, -0.15) is 4.57 Å². The third kappa shape index (κ3) is 3.86. The number of fused-ring (bicyclic) bond motifs is 2. The van der Waals surface area contributed by atoms with Crippen molar-refractivity contribution in [2.75, 3.05) is 11.5 Å². The van der Waals surface area contributed by atoms with Crippen LogP contribution in [0.4, 0.5) is 5.13 Å². The Balaban J connectivity index is 1.35. The zero-order chi connectivity index (χ0) is 24.0. The van der Waals surface area contributed by atoms with Gasteiger partial charge in [0.05, 0.1) is 0 Å². The van der Waals surface area contributed by atoms with Crippen LogP contribution in [-0.2, 0) is 33.8 Å². The van der Waals surface area contributed by atoms with Crippen molar-refractivity contribution in [3.63, 3.8) is 0 Å². The molecule has 5 rings (SSSR count). The predicted octanol–water partition coefficient (Wildman–Crippen LogP) is 0.698. The maximum absolute atomic E-state index is 12.9. The number of carbonyl (C=O) groups excluding carboxylic acids is 2. The summed E-state index contributed by atoms with van der Waals surface area (Å²) in [5.74, 6) is -1.97. The van der Waals surface area contributed by atoms with E-state index in [2.05, 4.69) is 20.9 Å². The van der Waals surface area contributed by atoms with Crippen LogP contribution in [0, 0.1) is 5.41 Å². The maximum atomic E-state index is 12.9. The number of hydrogen-bond donors (Lipinski definition) is 4.